The maximum Gasteiger partial charge on any atom is 0.152 e. The zero-order chi connectivity index (χ0) is 14.8. The number of carbonyl (C=O) groups is 1. The molecule has 0 aliphatic rings. The lowest BCUT2D eigenvalue weighted by Crippen LogP contribution is -1.98. The highest BCUT2D eigenvalue weighted by atomic mass is 16.5. The molecule has 3 heteroatoms. The zero-order valence-corrected chi connectivity index (χ0v) is 12.2. The van der Waals surface area contributed by atoms with Gasteiger partial charge in [0.15, 0.2) is 6.29 Å². The van der Waals surface area contributed by atoms with Crippen LogP contribution in [0, 0.1) is 0 Å². The second-order valence-corrected chi connectivity index (χ2v) is 4.87. The number of para-hydroxylation sites is 1. The maximum absolute atomic E-state index is 11.6. The van der Waals surface area contributed by atoms with Crippen molar-refractivity contribution >= 4 is 17.2 Å². The molecule has 0 saturated carbocycles. The third kappa shape index (κ3) is 2.11. The van der Waals surface area contributed by atoms with Gasteiger partial charge >= 0.3 is 0 Å². The van der Waals surface area contributed by atoms with Crippen molar-refractivity contribution in [3.8, 4) is 17.0 Å². The van der Waals surface area contributed by atoms with Crippen LogP contribution >= 0.6 is 0 Å². The summed E-state index contributed by atoms with van der Waals surface area (Å²) < 4.78 is 7.38. The summed E-state index contributed by atoms with van der Waals surface area (Å²) in [6.07, 6.45) is 0.952. The van der Waals surface area contributed by atoms with Gasteiger partial charge in [-0.2, -0.15) is 0 Å². The predicted octanol–water partition coefficient (Wildman–Crippen LogP) is 4.15. The summed E-state index contributed by atoms with van der Waals surface area (Å²) in [5.41, 5.74) is 3.83. The van der Waals surface area contributed by atoms with Crippen LogP contribution in [-0.4, -0.2) is 18.0 Å². The topological polar surface area (TPSA) is 31.2 Å². The van der Waals surface area contributed by atoms with Crippen molar-refractivity contribution in [1.29, 1.82) is 0 Å². The van der Waals surface area contributed by atoms with Gasteiger partial charge in [-0.1, -0.05) is 18.2 Å². The van der Waals surface area contributed by atoms with Crippen molar-refractivity contribution < 1.29 is 9.53 Å². The second-order valence-electron chi connectivity index (χ2n) is 4.87. The van der Waals surface area contributed by atoms with Gasteiger partial charge in [0, 0.05) is 23.0 Å². The highest BCUT2D eigenvalue weighted by molar-refractivity contribution is 6.05. The summed E-state index contributed by atoms with van der Waals surface area (Å²) >= 11 is 0. The van der Waals surface area contributed by atoms with Gasteiger partial charge in [-0.05, 0) is 42.8 Å². The lowest BCUT2D eigenvalue weighted by molar-refractivity contribution is 0.112. The van der Waals surface area contributed by atoms with Crippen LogP contribution in [0.4, 0.5) is 0 Å². The molecule has 2 aromatic carbocycles. The van der Waals surface area contributed by atoms with Crippen LogP contribution in [0.5, 0.6) is 5.75 Å². The fourth-order valence-electron chi connectivity index (χ4n) is 2.84. The van der Waals surface area contributed by atoms with Crippen LogP contribution in [0.15, 0.2) is 48.5 Å². The Balaban J connectivity index is 2.31. The number of benzene rings is 2. The Kier molecular flexibility index (Phi) is 3.48. The molecule has 106 valence electrons. The van der Waals surface area contributed by atoms with Crippen LogP contribution in [0.2, 0.25) is 0 Å². The number of methoxy groups -OCH3 is 1. The average molecular weight is 279 g/mol. The van der Waals surface area contributed by atoms with Crippen LogP contribution < -0.4 is 4.74 Å². The third-order valence-corrected chi connectivity index (χ3v) is 3.81. The van der Waals surface area contributed by atoms with E-state index in [0.717, 1.165) is 46.3 Å². The van der Waals surface area contributed by atoms with Gasteiger partial charge in [0.05, 0.1) is 12.8 Å². The Labute approximate surface area is 123 Å². The summed E-state index contributed by atoms with van der Waals surface area (Å²) in [4.78, 5) is 11.6. The predicted molar refractivity (Wildman–Crippen MR) is 85.0 cm³/mol. The van der Waals surface area contributed by atoms with E-state index in [0.29, 0.717) is 0 Å². The summed E-state index contributed by atoms with van der Waals surface area (Å²) in [5, 5.41) is 1.00. The van der Waals surface area contributed by atoms with Gasteiger partial charge in [-0.25, -0.2) is 0 Å². The van der Waals surface area contributed by atoms with Gasteiger partial charge in [0.2, 0.25) is 0 Å². The largest absolute Gasteiger partial charge is 0.497 e. The van der Waals surface area contributed by atoms with Crippen molar-refractivity contribution in [3.05, 3.63) is 54.1 Å². The van der Waals surface area contributed by atoms with E-state index >= 15 is 0 Å². The van der Waals surface area contributed by atoms with Crippen molar-refractivity contribution in [1.82, 2.24) is 4.57 Å². The molecule has 0 amide bonds. The number of aromatic nitrogens is 1. The van der Waals surface area contributed by atoms with E-state index in [9.17, 15) is 4.79 Å². The molecule has 0 aliphatic heterocycles. The van der Waals surface area contributed by atoms with Crippen molar-refractivity contribution in [2.75, 3.05) is 7.11 Å². The molecule has 0 aliphatic carbocycles. The standard InChI is InChI=1S/C18H17NO2/c1-3-19-17-7-5-4-6-15(17)16(12-20)18(19)13-8-10-14(21-2)11-9-13/h4-12H,3H2,1-2H3. The molecule has 1 aromatic heterocycles. The SMILES string of the molecule is CCn1c(-c2ccc(OC)cc2)c(C=O)c2ccccc21. The van der Waals surface area contributed by atoms with Crippen LogP contribution in [-0.2, 0) is 6.54 Å². The number of aryl methyl sites for hydroxylation is 1. The Morgan fingerprint density at radius 1 is 1.10 bits per heavy atom. The molecule has 0 radical (unpaired) electrons. The molecule has 3 nitrogen and oxygen atoms in total. The summed E-state index contributed by atoms with van der Waals surface area (Å²) in [5.74, 6) is 0.811. The second kappa shape index (κ2) is 5.44. The van der Waals surface area contributed by atoms with E-state index in [1.165, 1.54) is 0 Å². The fraction of sp³-hybridized carbons (Fsp3) is 0.167. The number of nitrogens with zero attached hydrogens (tertiary/aromatic N) is 1. The third-order valence-electron chi connectivity index (χ3n) is 3.81. The molecule has 0 N–H and O–H groups in total. The molecule has 3 rings (SSSR count). The van der Waals surface area contributed by atoms with E-state index in [1.54, 1.807) is 7.11 Å². The quantitative estimate of drug-likeness (QED) is 0.672. The number of fused-ring (bicyclic) bond motifs is 1. The fourth-order valence-corrected chi connectivity index (χ4v) is 2.84. The molecule has 0 spiro atoms. The summed E-state index contributed by atoms with van der Waals surface area (Å²) in [7, 11) is 1.65. The Hall–Kier alpha value is -2.55. The molecule has 1 heterocycles. The number of rotatable bonds is 4. The zero-order valence-electron chi connectivity index (χ0n) is 12.2. The lowest BCUT2D eigenvalue weighted by Gasteiger charge is -2.09. The molecule has 21 heavy (non-hydrogen) atoms. The first kappa shape index (κ1) is 13.4. The molecule has 0 fully saturated rings. The number of hydrogen-bond acceptors (Lipinski definition) is 2. The van der Waals surface area contributed by atoms with Crippen LogP contribution in [0.3, 0.4) is 0 Å². The maximum atomic E-state index is 11.6. The molecule has 0 saturated heterocycles. The molecule has 0 bridgehead atoms. The van der Waals surface area contributed by atoms with Crippen molar-refractivity contribution in [3.63, 3.8) is 0 Å². The van der Waals surface area contributed by atoms with E-state index in [2.05, 4.69) is 17.6 Å². The van der Waals surface area contributed by atoms with Gasteiger partial charge in [0.1, 0.15) is 5.75 Å². The number of aldehydes is 1. The highest BCUT2D eigenvalue weighted by Crippen LogP contribution is 2.33. The Bertz CT molecular complexity index is 785. The Morgan fingerprint density at radius 2 is 1.81 bits per heavy atom. The number of carbonyl (C=O) groups excluding carboxylic acids is 1. The van der Waals surface area contributed by atoms with Gasteiger partial charge in [-0.3, -0.25) is 4.79 Å². The molecule has 0 unspecified atom stereocenters. The minimum Gasteiger partial charge on any atom is -0.497 e. The summed E-state index contributed by atoms with van der Waals surface area (Å²) in [6, 6.07) is 15.8. The van der Waals surface area contributed by atoms with E-state index in [1.807, 2.05) is 42.5 Å². The van der Waals surface area contributed by atoms with Crippen LogP contribution in [0.25, 0.3) is 22.2 Å². The first-order chi connectivity index (χ1) is 10.3. The van der Waals surface area contributed by atoms with E-state index in [4.69, 9.17) is 4.74 Å². The van der Waals surface area contributed by atoms with Gasteiger partial charge < -0.3 is 9.30 Å². The monoisotopic (exact) mass is 279 g/mol. The van der Waals surface area contributed by atoms with Crippen molar-refractivity contribution in [2.45, 2.75) is 13.5 Å². The first-order valence-corrected chi connectivity index (χ1v) is 7.01. The van der Waals surface area contributed by atoms with E-state index < -0.39 is 0 Å². The average Bonchev–Trinajstić information content (AvgIpc) is 2.88. The molecular weight excluding hydrogens is 262 g/mol. The van der Waals surface area contributed by atoms with Gasteiger partial charge in [0.25, 0.3) is 0 Å². The highest BCUT2D eigenvalue weighted by Gasteiger charge is 2.16. The molecular formula is C18H17NO2. The van der Waals surface area contributed by atoms with Gasteiger partial charge in [-0.15, -0.1) is 0 Å². The first-order valence-electron chi connectivity index (χ1n) is 7.01. The molecule has 3 aromatic rings. The smallest absolute Gasteiger partial charge is 0.152 e. The lowest BCUT2D eigenvalue weighted by atomic mass is 10.1. The van der Waals surface area contributed by atoms with Crippen LogP contribution in [0.1, 0.15) is 17.3 Å². The number of hydrogen-bond donors (Lipinski definition) is 0. The molecule has 0 atom stereocenters. The normalized spacial score (nSPS) is 10.8. The Morgan fingerprint density at radius 3 is 2.43 bits per heavy atom. The minimum absolute atomic E-state index is 0.748. The summed E-state index contributed by atoms with van der Waals surface area (Å²) in [6.45, 7) is 2.91. The number of ether oxygens (including phenoxy) is 1. The van der Waals surface area contributed by atoms with E-state index in [-0.39, 0.29) is 0 Å². The van der Waals surface area contributed by atoms with Crippen molar-refractivity contribution in [2.24, 2.45) is 0 Å². The minimum atomic E-state index is 0.748.